The predicted octanol–water partition coefficient (Wildman–Crippen LogP) is 5.11. The highest BCUT2D eigenvalue weighted by molar-refractivity contribution is 7.91. The van der Waals surface area contributed by atoms with E-state index in [0.29, 0.717) is 43.4 Å². The van der Waals surface area contributed by atoms with Crippen molar-refractivity contribution in [3.05, 3.63) is 66.5 Å². The summed E-state index contributed by atoms with van der Waals surface area (Å²) in [5.74, 6) is -0.971. The van der Waals surface area contributed by atoms with Gasteiger partial charge >= 0.3 is 0 Å². The van der Waals surface area contributed by atoms with E-state index in [1.54, 1.807) is 11.8 Å². The quantitative estimate of drug-likeness (QED) is 0.247. The molecule has 0 unspecified atom stereocenters. The average Bonchev–Trinajstić information content (AvgIpc) is 3.92. The van der Waals surface area contributed by atoms with Gasteiger partial charge in [0.15, 0.2) is 0 Å². The molecular weight excluding hydrogens is 616 g/mol. The molecule has 256 valence electrons. The molecule has 2 saturated heterocycles. The van der Waals surface area contributed by atoms with Gasteiger partial charge in [0.05, 0.1) is 11.3 Å². The number of nitrogens with one attached hydrogen (secondary N) is 3. The summed E-state index contributed by atoms with van der Waals surface area (Å²) in [4.78, 5) is 44.0. The van der Waals surface area contributed by atoms with Crippen molar-refractivity contribution in [2.45, 2.75) is 120 Å². The number of anilines is 1. The molecule has 2 aliphatic carbocycles. The second kappa shape index (κ2) is 14.3. The van der Waals surface area contributed by atoms with Gasteiger partial charge in [-0.15, -0.1) is 0 Å². The first-order chi connectivity index (χ1) is 22.4. The van der Waals surface area contributed by atoms with E-state index in [-0.39, 0.29) is 24.8 Å². The van der Waals surface area contributed by atoms with E-state index < -0.39 is 50.3 Å². The zero-order valence-corrected chi connectivity index (χ0v) is 28.7. The number of rotatable bonds is 9. The molecule has 2 aliphatic heterocycles. The van der Waals surface area contributed by atoms with E-state index in [4.69, 9.17) is 4.74 Å². The third-order valence-electron chi connectivity index (χ3n) is 10.2. The summed E-state index contributed by atoms with van der Waals surface area (Å²) < 4.78 is 33.8. The van der Waals surface area contributed by atoms with Gasteiger partial charge in [-0.3, -0.25) is 19.1 Å². The molecule has 0 spiro atoms. The van der Waals surface area contributed by atoms with Crippen LogP contribution in [0, 0.1) is 5.92 Å². The molecule has 47 heavy (non-hydrogen) atoms. The first-order valence-corrected chi connectivity index (χ1v) is 18.6. The van der Waals surface area contributed by atoms with Gasteiger partial charge in [-0.05, 0) is 77.0 Å². The van der Waals surface area contributed by atoms with E-state index in [0.717, 1.165) is 37.8 Å². The van der Waals surface area contributed by atoms with Gasteiger partial charge in [-0.25, -0.2) is 8.42 Å². The second-order valence-corrected chi connectivity index (χ2v) is 16.0. The van der Waals surface area contributed by atoms with Gasteiger partial charge in [0.25, 0.3) is 5.91 Å². The second-order valence-electron chi connectivity index (χ2n) is 13.8. The highest BCUT2D eigenvalue weighted by Gasteiger charge is 2.63. The summed E-state index contributed by atoms with van der Waals surface area (Å²) in [6.45, 7) is 9.64. The smallest absolute Gasteiger partial charge is 0.259 e. The minimum atomic E-state index is -3.90. The van der Waals surface area contributed by atoms with Crippen molar-refractivity contribution in [3.63, 3.8) is 0 Å². The van der Waals surface area contributed by atoms with Crippen molar-refractivity contribution in [2.75, 3.05) is 11.9 Å². The number of fused-ring (bicyclic) bond motifs is 2. The standard InChI is InChI=1S/C36H50N4O6S/c1-5-15-25(3)31(6-2)46-28-22-30-32(41)38-36(34(43)39-47(44,45)35(4)20-21-35)23-26(36)16-11-8-7-9-14-19-29(33(42)40(30)24-28)37-27-17-12-10-13-18-27/h5-6,10,12-13,15,17-18,26,28-30,37H,3,7-9,11,14,16,19-24H2,1-2,4H3,(H,38,41)(H,39,43)/b15-5-,31-6+/t26-,28-,29+,30+,36-/m1/s1. The maximum atomic E-state index is 14.4. The van der Waals surface area contributed by atoms with Crippen molar-refractivity contribution in [2.24, 2.45) is 5.92 Å². The van der Waals surface area contributed by atoms with Crippen molar-refractivity contribution in [1.29, 1.82) is 0 Å². The Morgan fingerprint density at radius 3 is 2.40 bits per heavy atom. The van der Waals surface area contributed by atoms with Crippen LogP contribution in [-0.4, -0.2) is 66.1 Å². The first kappa shape index (κ1) is 34.7. The van der Waals surface area contributed by atoms with E-state index in [9.17, 15) is 22.8 Å². The van der Waals surface area contributed by atoms with Crippen LogP contribution in [0.3, 0.4) is 0 Å². The van der Waals surface area contributed by atoms with Crippen molar-refractivity contribution in [3.8, 4) is 0 Å². The SMILES string of the molecule is C=C(/C=C\C)/C(=C\C)O[C@@H]1C[C@H]2C(=O)N[C@]3(C(=O)NS(=O)(=O)C4(C)CC4)C[C@H]3CCCCCCC[C@H](Nc3ccccc3)C(=O)N2C1. The highest BCUT2D eigenvalue weighted by atomic mass is 32.2. The highest BCUT2D eigenvalue weighted by Crippen LogP contribution is 2.49. The van der Waals surface area contributed by atoms with Crippen LogP contribution in [0.5, 0.6) is 0 Å². The molecule has 0 aromatic heterocycles. The van der Waals surface area contributed by atoms with Crippen LogP contribution in [0.4, 0.5) is 5.69 Å². The van der Waals surface area contributed by atoms with Gasteiger partial charge in [0.1, 0.15) is 29.5 Å². The number of allylic oxidation sites excluding steroid dienone is 3. The largest absolute Gasteiger partial charge is 0.488 e. The number of amides is 3. The van der Waals surface area contributed by atoms with Crippen molar-refractivity contribution in [1.82, 2.24) is 14.9 Å². The number of hydrogen-bond acceptors (Lipinski definition) is 7. The van der Waals surface area contributed by atoms with Gasteiger partial charge in [-0.1, -0.05) is 69.0 Å². The third kappa shape index (κ3) is 7.77. The molecule has 1 aromatic rings. The molecule has 4 aliphatic rings. The number of sulfonamides is 1. The Morgan fingerprint density at radius 1 is 1.06 bits per heavy atom. The van der Waals surface area contributed by atoms with Crippen LogP contribution in [0.25, 0.3) is 0 Å². The van der Waals surface area contributed by atoms with Crippen LogP contribution >= 0.6 is 0 Å². The Labute approximate surface area is 279 Å². The number of nitrogens with zero attached hydrogens (tertiary/aromatic N) is 1. The Bertz CT molecular complexity index is 1520. The monoisotopic (exact) mass is 666 g/mol. The fourth-order valence-electron chi connectivity index (χ4n) is 6.88. The summed E-state index contributed by atoms with van der Waals surface area (Å²) in [6, 6.07) is 8.09. The average molecular weight is 667 g/mol. The number of ether oxygens (including phenoxy) is 1. The Kier molecular flexibility index (Phi) is 10.5. The minimum absolute atomic E-state index is 0.178. The zero-order valence-electron chi connectivity index (χ0n) is 27.9. The van der Waals surface area contributed by atoms with E-state index in [1.807, 2.05) is 62.4 Å². The molecular formula is C36H50N4O6S. The molecule has 2 saturated carbocycles. The van der Waals surface area contributed by atoms with Gasteiger partial charge in [0, 0.05) is 17.7 Å². The van der Waals surface area contributed by atoms with Gasteiger partial charge in [-0.2, -0.15) is 0 Å². The Morgan fingerprint density at radius 2 is 1.74 bits per heavy atom. The summed E-state index contributed by atoms with van der Waals surface area (Å²) in [7, 11) is -3.90. The molecule has 2 heterocycles. The first-order valence-electron chi connectivity index (χ1n) is 17.1. The fourth-order valence-corrected chi connectivity index (χ4v) is 8.19. The molecule has 5 atom stereocenters. The van der Waals surface area contributed by atoms with E-state index in [1.165, 1.54) is 0 Å². The number of carbonyl (C=O) groups is 3. The molecule has 1 aromatic carbocycles. The molecule has 3 N–H and O–H groups in total. The predicted molar refractivity (Wildman–Crippen MR) is 183 cm³/mol. The lowest BCUT2D eigenvalue weighted by Gasteiger charge is -2.30. The molecule has 11 heteroatoms. The molecule has 0 bridgehead atoms. The molecule has 3 amide bonds. The zero-order chi connectivity index (χ0) is 33.8. The molecule has 4 fully saturated rings. The van der Waals surface area contributed by atoms with E-state index in [2.05, 4.69) is 21.9 Å². The molecule has 0 radical (unpaired) electrons. The number of carbonyl (C=O) groups excluding carboxylic acids is 3. The lowest BCUT2D eigenvalue weighted by molar-refractivity contribution is -0.140. The van der Waals surface area contributed by atoms with E-state index >= 15 is 0 Å². The number of hydrogen-bond donors (Lipinski definition) is 3. The topological polar surface area (TPSA) is 134 Å². The summed E-state index contributed by atoms with van der Waals surface area (Å²) in [5, 5.41) is 6.40. The Hall–Kier alpha value is -3.60. The lowest BCUT2D eigenvalue weighted by Crippen LogP contribution is -2.58. The van der Waals surface area contributed by atoms with Gasteiger partial charge in [0.2, 0.25) is 21.8 Å². The van der Waals surface area contributed by atoms with Crippen LogP contribution in [0.1, 0.15) is 91.4 Å². The minimum Gasteiger partial charge on any atom is -0.488 e. The molecule has 5 rings (SSSR count). The number of para-hydroxylation sites is 1. The summed E-state index contributed by atoms with van der Waals surface area (Å²) in [5.41, 5.74) is 0.165. The number of benzene rings is 1. The summed E-state index contributed by atoms with van der Waals surface area (Å²) in [6.07, 6.45) is 12.5. The Balaban J connectivity index is 1.44. The van der Waals surface area contributed by atoms with Gasteiger partial charge < -0.3 is 20.3 Å². The fraction of sp³-hybridized carbons (Fsp3) is 0.583. The maximum Gasteiger partial charge on any atom is 0.259 e. The van der Waals surface area contributed by atoms with Crippen LogP contribution < -0.4 is 15.4 Å². The third-order valence-corrected chi connectivity index (χ3v) is 12.4. The summed E-state index contributed by atoms with van der Waals surface area (Å²) >= 11 is 0. The maximum absolute atomic E-state index is 14.4. The molecule has 10 nitrogen and oxygen atoms in total. The van der Waals surface area contributed by atoms with Crippen LogP contribution in [0.15, 0.2) is 66.5 Å². The van der Waals surface area contributed by atoms with Crippen LogP contribution in [0.2, 0.25) is 0 Å². The van der Waals surface area contributed by atoms with Crippen molar-refractivity contribution < 1.29 is 27.5 Å². The van der Waals surface area contributed by atoms with Crippen LogP contribution in [-0.2, 0) is 29.1 Å². The normalized spacial score (nSPS) is 29.9. The van der Waals surface area contributed by atoms with Crippen molar-refractivity contribution >= 4 is 33.4 Å². The lowest BCUT2D eigenvalue weighted by atomic mass is 10.0.